The molecule has 1 amide bonds. The molecule has 2 aromatic heterocycles. The summed E-state index contributed by atoms with van der Waals surface area (Å²) in [6, 6.07) is 19.5. The summed E-state index contributed by atoms with van der Waals surface area (Å²) in [4.78, 5) is 23.9. The monoisotopic (exact) mass is 410 g/mol. The number of carbonyl (C=O) groups excluding carboxylic acids is 1. The Kier molecular flexibility index (Phi) is 4.75. The first-order valence-electron chi connectivity index (χ1n) is 10.2. The van der Waals surface area contributed by atoms with Crippen molar-refractivity contribution in [3.8, 4) is 5.75 Å². The number of pyridine rings is 2. The molecule has 6 heteroatoms. The summed E-state index contributed by atoms with van der Waals surface area (Å²) in [5.74, 6) is 2.16. The molecule has 6 nitrogen and oxygen atoms in total. The average Bonchev–Trinajstić information content (AvgIpc) is 3.21. The van der Waals surface area contributed by atoms with E-state index in [9.17, 15) is 4.79 Å². The van der Waals surface area contributed by atoms with E-state index in [1.807, 2.05) is 61.5 Å². The average molecular weight is 410 g/mol. The number of benzene rings is 2. The van der Waals surface area contributed by atoms with Gasteiger partial charge >= 0.3 is 0 Å². The first-order chi connectivity index (χ1) is 15.1. The van der Waals surface area contributed by atoms with Gasteiger partial charge in [0.1, 0.15) is 17.4 Å². The molecule has 31 heavy (non-hydrogen) atoms. The summed E-state index contributed by atoms with van der Waals surface area (Å²) in [5.41, 5.74) is 4.66. The van der Waals surface area contributed by atoms with Crippen LogP contribution in [0.15, 0.2) is 66.9 Å². The number of nitrogens with one attached hydrogen (secondary N) is 1. The number of amides is 1. The first kappa shape index (κ1) is 19.1. The van der Waals surface area contributed by atoms with Gasteiger partial charge in [0.25, 0.3) is 5.91 Å². The van der Waals surface area contributed by atoms with Gasteiger partial charge in [-0.2, -0.15) is 0 Å². The van der Waals surface area contributed by atoms with Gasteiger partial charge in [-0.3, -0.25) is 4.79 Å². The predicted octanol–water partition coefficient (Wildman–Crippen LogP) is 4.89. The molecule has 0 aliphatic carbocycles. The fourth-order valence-electron chi connectivity index (χ4n) is 3.90. The number of methoxy groups -OCH3 is 1. The van der Waals surface area contributed by atoms with Gasteiger partial charge < -0.3 is 15.0 Å². The number of rotatable bonds is 4. The molecule has 0 spiro atoms. The van der Waals surface area contributed by atoms with Gasteiger partial charge in [-0.05, 0) is 73.0 Å². The smallest absolute Gasteiger partial charge is 0.256 e. The second kappa shape index (κ2) is 7.72. The largest absolute Gasteiger partial charge is 0.497 e. The Hall–Kier alpha value is -3.93. The van der Waals surface area contributed by atoms with Crippen molar-refractivity contribution >= 4 is 34.1 Å². The van der Waals surface area contributed by atoms with Gasteiger partial charge in [0.15, 0.2) is 0 Å². The van der Waals surface area contributed by atoms with Crippen molar-refractivity contribution in [2.75, 3.05) is 23.9 Å². The van der Waals surface area contributed by atoms with E-state index in [0.29, 0.717) is 11.4 Å². The lowest BCUT2D eigenvalue weighted by Gasteiger charge is -2.19. The highest BCUT2D eigenvalue weighted by Crippen LogP contribution is 2.35. The van der Waals surface area contributed by atoms with E-state index in [0.717, 1.165) is 46.7 Å². The molecule has 0 bridgehead atoms. The van der Waals surface area contributed by atoms with Gasteiger partial charge in [0.05, 0.1) is 12.6 Å². The summed E-state index contributed by atoms with van der Waals surface area (Å²) < 4.78 is 5.34. The molecule has 1 aliphatic heterocycles. The topological polar surface area (TPSA) is 67.3 Å². The third-order valence-corrected chi connectivity index (χ3v) is 5.62. The van der Waals surface area contributed by atoms with Crippen LogP contribution in [0.25, 0.3) is 10.9 Å². The molecule has 0 radical (unpaired) electrons. The maximum Gasteiger partial charge on any atom is 0.256 e. The number of ether oxygens (including phenoxy) is 1. The molecule has 1 N–H and O–H groups in total. The number of anilines is 3. The Morgan fingerprint density at radius 1 is 1.10 bits per heavy atom. The van der Waals surface area contributed by atoms with Crippen molar-refractivity contribution in [2.24, 2.45) is 0 Å². The van der Waals surface area contributed by atoms with Crippen LogP contribution in [0, 0.1) is 6.92 Å². The number of hydrogen-bond donors (Lipinski definition) is 1. The summed E-state index contributed by atoms with van der Waals surface area (Å²) in [7, 11) is 1.66. The van der Waals surface area contributed by atoms with E-state index in [-0.39, 0.29) is 5.91 Å². The van der Waals surface area contributed by atoms with Gasteiger partial charge in [0.2, 0.25) is 0 Å². The molecule has 0 unspecified atom stereocenters. The number of aryl methyl sites for hydroxylation is 1. The Balaban J connectivity index is 1.40. The van der Waals surface area contributed by atoms with Gasteiger partial charge in [0, 0.05) is 35.4 Å². The SMILES string of the molecule is COc1ccc2cc3c(nc2c1)N(c1ccc(C(=O)Nc2ncccc2C)cc1)CC3. The fraction of sp³-hybridized carbons (Fsp3) is 0.160. The Morgan fingerprint density at radius 3 is 2.71 bits per heavy atom. The number of fused-ring (bicyclic) bond motifs is 2. The number of hydrogen-bond acceptors (Lipinski definition) is 5. The third-order valence-electron chi connectivity index (χ3n) is 5.62. The lowest BCUT2D eigenvalue weighted by atomic mass is 10.1. The second-order valence-electron chi connectivity index (χ2n) is 7.60. The molecule has 0 saturated carbocycles. The minimum Gasteiger partial charge on any atom is -0.497 e. The van der Waals surface area contributed by atoms with E-state index < -0.39 is 0 Å². The molecule has 0 atom stereocenters. The maximum absolute atomic E-state index is 12.6. The highest BCUT2D eigenvalue weighted by atomic mass is 16.5. The lowest BCUT2D eigenvalue weighted by molar-refractivity contribution is 0.102. The van der Waals surface area contributed by atoms with Gasteiger partial charge in [-0.1, -0.05) is 6.07 Å². The third kappa shape index (κ3) is 3.57. The zero-order valence-corrected chi connectivity index (χ0v) is 17.4. The zero-order chi connectivity index (χ0) is 21.4. The normalized spacial score (nSPS) is 12.6. The standard InChI is InChI=1S/C25H22N4O2/c1-16-4-3-12-26-23(16)28-25(30)17-5-8-20(9-6-17)29-13-11-19-14-18-7-10-21(31-2)15-22(18)27-24(19)29/h3-10,12,14-15H,11,13H2,1-2H3,(H,26,28,30). The van der Waals surface area contributed by atoms with E-state index in [1.54, 1.807) is 13.3 Å². The highest BCUT2D eigenvalue weighted by Gasteiger charge is 2.23. The van der Waals surface area contributed by atoms with Crippen molar-refractivity contribution in [3.63, 3.8) is 0 Å². The molecule has 3 heterocycles. The molecule has 1 aliphatic rings. The molecule has 2 aromatic carbocycles. The zero-order valence-electron chi connectivity index (χ0n) is 17.4. The van der Waals surface area contributed by atoms with E-state index >= 15 is 0 Å². The summed E-state index contributed by atoms with van der Waals surface area (Å²) in [5, 5.41) is 3.98. The Bertz CT molecular complexity index is 1280. The molecule has 5 rings (SSSR count). The van der Waals surface area contributed by atoms with Crippen LogP contribution in [0.2, 0.25) is 0 Å². The van der Waals surface area contributed by atoms with Crippen molar-refractivity contribution < 1.29 is 9.53 Å². The molecular formula is C25H22N4O2. The highest BCUT2D eigenvalue weighted by molar-refractivity contribution is 6.04. The van der Waals surface area contributed by atoms with Crippen LogP contribution in [0.3, 0.4) is 0 Å². The van der Waals surface area contributed by atoms with Gasteiger partial charge in [-0.25, -0.2) is 9.97 Å². The van der Waals surface area contributed by atoms with Crippen molar-refractivity contribution in [1.82, 2.24) is 9.97 Å². The molecular weight excluding hydrogens is 388 g/mol. The van der Waals surface area contributed by atoms with Gasteiger partial charge in [-0.15, -0.1) is 0 Å². The van der Waals surface area contributed by atoms with E-state index in [1.165, 1.54) is 5.56 Å². The van der Waals surface area contributed by atoms with Crippen molar-refractivity contribution in [3.05, 3.63) is 83.6 Å². The molecule has 0 saturated heterocycles. The van der Waals surface area contributed by atoms with Crippen LogP contribution < -0.4 is 15.0 Å². The number of carbonyl (C=O) groups is 1. The molecule has 154 valence electrons. The minimum absolute atomic E-state index is 0.175. The van der Waals surface area contributed by atoms with Crippen LogP contribution in [0.4, 0.5) is 17.3 Å². The predicted molar refractivity (Wildman–Crippen MR) is 122 cm³/mol. The van der Waals surface area contributed by atoms with Crippen LogP contribution >= 0.6 is 0 Å². The summed E-state index contributed by atoms with van der Waals surface area (Å²) in [6.07, 6.45) is 2.61. The van der Waals surface area contributed by atoms with Crippen molar-refractivity contribution in [2.45, 2.75) is 13.3 Å². The van der Waals surface area contributed by atoms with E-state index in [4.69, 9.17) is 9.72 Å². The Labute approximate surface area is 180 Å². The fourth-order valence-corrected chi connectivity index (χ4v) is 3.90. The maximum atomic E-state index is 12.6. The number of aromatic nitrogens is 2. The second-order valence-corrected chi connectivity index (χ2v) is 7.60. The summed E-state index contributed by atoms with van der Waals surface area (Å²) >= 11 is 0. The first-order valence-corrected chi connectivity index (χ1v) is 10.2. The van der Waals surface area contributed by atoms with Crippen LogP contribution in [-0.2, 0) is 6.42 Å². The lowest BCUT2D eigenvalue weighted by Crippen LogP contribution is -2.16. The van der Waals surface area contributed by atoms with E-state index in [2.05, 4.69) is 21.3 Å². The van der Waals surface area contributed by atoms with Crippen LogP contribution in [0.1, 0.15) is 21.5 Å². The quantitative estimate of drug-likeness (QED) is 0.519. The Morgan fingerprint density at radius 2 is 1.94 bits per heavy atom. The molecule has 0 fully saturated rings. The minimum atomic E-state index is -0.175. The van der Waals surface area contributed by atoms with Crippen LogP contribution in [-0.4, -0.2) is 29.5 Å². The number of nitrogens with zero attached hydrogens (tertiary/aromatic N) is 3. The summed E-state index contributed by atoms with van der Waals surface area (Å²) in [6.45, 7) is 2.78. The van der Waals surface area contributed by atoms with Crippen LogP contribution in [0.5, 0.6) is 5.75 Å². The van der Waals surface area contributed by atoms with Crippen molar-refractivity contribution in [1.29, 1.82) is 0 Å². The molecule has 4 aromatic rings.